The molecule has 1 spiro atoms. The molecule has 1 aromatic carbocycles. The Labute approximate surface area is 189 Å². The van der Waals surface area contributed by atoms with Crippen LogP contribution >= 0.6 is 0 Å². The van der Waals surface area contributed by atoms with E-state index >= 15 is 0 Å². The Morgan fingerprint density at radius 2 is 1.88 bits per heavy atom. The number of imide groups is 1. The van der Waals surface area contributed by atoms with E-state index < -0.39 is 5.54 Å². The largest absolute Gasteiger partial charge is 0.497 e. The fourth-order valence-electron chi connectivity index (χ4n) is 5.21. The summed E-state index contributed by atoms with van der Waals surface area (Å²) in [6, 6.07) is 6.92. The number of urea groups is 1. The first-order chi connectivity index (χ1) is 15.5. The van der Waals surface area contributed by atoms with Gasteiger partial charge in [0.15, 0.2) is 0 Å². The molecule has 3 fully saturated rings. The van der Waals surface area contributed by atoms with Crippen molar-refractivity contribution in [1.29, 1.82) is 0 Å². The molecule has 3 saturated heterocycles. The molecule has 8 nitrogen and oxygen atoms in total. The number of methoxy groups -OCH3 is 1. The molecule has 3 heterocycles. The van der Waals surface area contributed by atoms with E-state index in [1.165, 1.54) is 4.90 Å². The number of ether oxygens (including phenoxy) is 1. The van der Waals surface area contributed by atoms with Gasteiger partial charge in [0.2, 0.25) is 5.91 Å². The van der Waals surface area contributed by atoms with E-state index in [1.54, 1.807) is 12.0 Å². The van der Waals surface area contributed by atoms with Gasteiger partial charge in [0, 0.05) is 26.2 Å². The molecule has 32 heavy (non-hydrogen) atoms. The Morgan fingerprint density at radius 3 is 2.53 bits per heavy atom. The zero-order chi connectivity index (χ0) is 22.7. The lowest BCUT2D eigenvalue weighted by Crippen LogP contribution is -2.56. The summed E-state index contributed by atoms with van der Waals surface area (Å²) in [6.07, 6.45) is 4.22. The number of hydrogen-bond acceptors (Lipinski definition) is 5. The number of rotatable bonds is 6. The minimum Gasteiger partial charge on any atom is -0.497 e. The maximum atomic E-state index is 13.4. The second kappa shape index (κ2) is 9.48. The Kier molecular flexibility index (Phi) is 6.69. The topological polar surface area (TPSA) is 82.2 Å². The van der Waals surface area contributed by atoms with Crippen LogP contribution in [-0.2, 0) is 16.0 Å². The average molecular weight is 443 g/mol. The Hall–Kier alpha value is -2.61. The van der Waals surface area contributed by atoms with Crippen LogP contribution in [0.25, 0.3) is 0 Å². The van der Waals surface area contributed by atoms with Crippen molar-refractivity contribution >= 4 is 17.8 Å². The highest BCUT2D eigenvalue weighted by Crippen LogP contribution is 2.32. The molecule has 1 atom stereocenters. The van der Waals surface area contributed by atoms with Crippen molar-refractivity contribution in [2.24, 2.45) is 0 Å². The predicted molar refractivity (Wildman–Crippen MR) is 120 cm³/mol. The van der Waals surface area contributed by atoms with E-state index in [0.717, 1.165) is 50.2 Å². The first-order valence-corrected chi connectivity index (χ1v) is 11.7. The van der Waals surface area contributed by atoms with Crippen LogP contribution in [-0.4, -0.2) is 84.0 Å². The van der Waals surface area contributed by atoms with Gasteiger partial charge in [0.1, 0.15) is 11.3 Å². The van der Waals surface area contributed by atoms with Gasteiger partial charge in [-0.1, -0.05) is 19.1 Å². The van der Waals surface area contributed by atoms with Gasteiger partial charge >= 0.3 is 6.03 Å². The van der Waals surface area contributed by atoms with Crippen LogP contribution in [0.15, 0.2) is 24.3 Å². The summed E-state index contributed by atoms with van der Waals surface area (Å²) < 4.78 is 5.17. The molecule has 0 aromatic heterocycles. The Balaban J connectivity index is 1.38. The van der Waals surface area contributed by atoms with Crippen LogP contribution in [0.1, 0.15) is 44.6 Å². The number of likely N-dealkylation sites (tertiary alicyclic amines) is 2. The van der Waals surface area contributed by atoms with Crippen LogP contribution in [0.4, 0.5) is 4.79 Å². The number of hydrogen-bond donors (Lipinski definition) is 1. The van der Waals surface area contributed by atoms with E-state index in [4.69, 9.17) is 4.74 Å². The number of carbonyl (C=O) groups excluding carboxylic acids is 3. The lowest BCUT2D eigenvalue weighted by molar-refractivity contribution is -0.138. The Morgan fingerprint density at radius 1 is 1.16 bits per heavy atom. The fourth-order valence-corrected chi connectivity index (χ4v) is 5.21. The first kappa shape index (κ1) is 22.6. The second-order valence-corrected chi connectivity index (χ2v) is 9.19. The number of carbonyl (C=O) groups is 3. The summed E-state index contributed by atoms with van der Waals surface area (Å²) in [5.74, 6) is 0.676. The van der Waals surface area contributed by atoms with Gasteiger partial charge in [-0.2, -0.15) is 0 Å². The zero-order valence-corrected chi connectivity index (χ0v) is 19.1. The summed E-state index contributed by atoms with van der Waals surface area (Å²) in [5.41, 5.74) is 0.155. The van der Waals surface area contributed by atoms with Gasteiger partial charge in [0.25, 0.3) is 5.91 Å². The molecule has 3 aliphatic rings. The number of nitrogens with one attached hydrogen (secondary N) is 1. The summed E-state index contributed by atoms with van der Waals surface area (Å²) in [4.78, 5) is 44.7. The van der Waals surface area contributed by atoms with Crippen molar-refractivity contribution < 1.29 is 19.1 Å². The first-order valence-electron chi connectivity index (χ1n) is 11.7. The lowest BCUT2D eigenvalue weighted by Gasteiger charge is -2.39. The summed E-state index contributed by atoms with van der Waals surface area (Å²) >= 11 is 0. The molecule has 0 bridgehead atoms. The monoisotopic (exact) mass is 442 g/mol. The second-order valence-electron chi connectivity index (χ2n) is 9.19. The number of piperidine rings is 2. The summed E-state index contributed by atoms with van der Waals surface area (Å²) in [5, 5.41) is 3.02. The van der Waals surface area contributed by atoms with E-state index in [1.807, 2.05) is 24.3 Å². The van der Waals surface area contributed by atoms with Gasteiger partial charge in [-0.3, -0.25) is 14.5 Å². The summed E-state index contributed by atoms with van der Waals surface area (Å²) in [6.45, 7) is 5.89. The van der Waals surface area contributed by atoms with Crippen LogP contribution in [0.5, 0.6) is 5.75 Å². The highest BCUT2D eigenvalue weighted by atomic mass is 16.5. The van der Waals surface area contributed by atoms with E-state index in [2.05, 4.69) is 17.1 Å². The molecular formula is C24H34N4O4. The molecule has 3 aliphatic heterocycles. The molecule has 1 unspecified atom stereocenters. The number of benzene rings is 1. The normalized spacial score (nSPS) is 23.5. The molecule has 4 rings (SSSR count). The maximum absolute atomic E-state index is 13.4. The minimum atomic E-state index is -0.767. The highest BCUT2D eigenvalue weighted by Gasteiger charge is 2.54. The van der Waals surface area contributed by atoms with Crippen LogP contribution < -0.4 is 10.1 Å². The molecule has 0 aliphatic carbocycles. The number of amides is 4. The van der Waals surface area contributed by atoms with Gasteiger partial charge in [-0.25, -0.2) is 4.79 Å². The number of nitrogens with zero attached hydrogens (tertiary/aromatic N) is 3. The highest BCUT2D eigenvalue weighted by molar-refractivity contribution is 6.07. The third-order valence-corrected chi connectivity index (χ3v) is 7.07. The molecule has 1 aromatic rings. The molecular weight excluding hydrogens is 408 g/mol. The van der Waals surface area contributed by atoms with E-state index in [9.17, 15) is 14.4 Å². The third kappa shape index (κ3) is 4.46. The van der Waals surface area contributed by atoms with Crippen molar-refractivity contribution in [1.82, 2.24) is 20.0 Å². The van der Waals surface area contributed by atoms with Gasteiger partial charge in [0.05, 0.1) is 19.6 Å². The standard InChI is InChI=1S/C24H34N4O4/c1-3-12-26-14-10-24(11-15-26)22(30)28(23(31)25-24)19-5-4-13-27(17-19)21(29)16-18-6-8-20(32-2)9-7-18/h6-9,19H,3-5,10-17H2,1-2H3,(H,25,31). The van der Waals surface area contributed by atoms with Crippen molar-refractivity contribution in [3.05, 3.63) is 29.8 Å². The smallest absolute Gasteiger partial charge is 0.325 e. The minimum absolute atomic E-state index is 0.0227. The SMILES string of the molecule is CCCN1CCC2(CC1)NC(=O)N(C1CCCN(C(=O)Cc3ccc(OC)cc3)C1)C2=O. The third-order valence-electron chi connectivity index (χ3n) is 7.07. The molecule has 8 heteroatoms. The maximum Gasteiger partial charge on any atom is 0.325 e. The van der Waals surface area contributed by atoms with Crippen LogP contribution in [0.3, 0.4) is 0 Å². The molecule has 0 radical (unpaired) electrons. The molecule has 1 N–H and O–H groups in total. The van der Waals surface area contributed by atoms with Crippen molar-refractivity contribution in [3.8, 4) is 5.75 Å². The van der Waals surface area contributed by atoms with Crippen molar-refractivity contribution in [3.63, 3.8) is 0 Å². The predicted octanol–water partition coefficient (Wildman–Crippen LogP) is 2.03. The van der Waals surface area contributed by atoms with Gasteiger partial charge in [-0.15, -0.1) is 0 Å². The Bertz CT molecular complexity index is 848. The zero-order valence-electron chi connectivity index (χ0n) is 19.1. The molecule has 174 valence electrons. The quantitative estimate of drug-likeness (QED) is 0.682. The fraction of sp³-hybridized carbons (Fsp3) is 0.625. The average Bonchev–Trinajstić information content (AvgIpc) is 3.05. The van der Waals surface area contributed by atoms with Crippen molar-refractivity contribution in [2.75, 3.05) is 39.8 Å². The van der Waals surface area contributed by atoms with Gasteiger partial charge < -0.3 is 19.9 Å². The van der Waals surface area contributed by atoms with E-state index in [-0.39, 0.29) is 23.9 Å². The van der Waals surface area contributed by atoms with E-state index in [0.29, 0.717) is 32.4 Å². The van der Waals surface area contributed by atoms with Crippen molar-refractivity contribution in [2.45, 2.75) is 57.0 Å². The summed E-state index contributed by atoms with van der Waals surface area (Å²) in [7, 11) is 1.61. The lowest BCUT2D eigenvalue weighted by atomic mass is 9.87. The molecule has 4 amide bonds. The van der Waals surface area contributed by atoms with Gasteiger partial charge in [-0.05, 0) is 56.3 Å². The molecule has 0 saturated carbocycles. The van der Waals surface area contributed by atoms with Crippen LogP contribution in [0, 0.1) is 0 Å². The van der Waals surface area contributed by atoms with Crippen LogP contribution in [0.2, 0.25) is 0 Å².